The van der Waals surface area contributed by atoms with E-state index in [9.17, 15) is 9.59 Å². The molecular formula is C14H14BrN3O3. The Labute approximate surface area is 130 Å². The fraction of sp³-hybridized carbons (Fsp3) is 0.357. The Balaban J connectivity index is 2.04. The summed E-state index contributed by atoms with van der Waals surface area (Å²) in [5, 5.41) is 20.6. The van der Waals surface area contributed by atoms with Gasteiger partial charge in [0.05, 0.1) is 23.2 Å². The number of anilines is 1. The first-order valence-electron chi connectivity index (χ1n) is 6.49. The standard InChI is InChI=1S/C14H14BrN3O3/c15-11-6-9(7-16)3-4-12(11)17-14(21)18-5-1-2-10(8-18)13(19)20/h3-4,6,10H,1-2,5,8H2,(H,17,21)(H,19,20)/t10-/m0/s1. The number of carboxylic acids is 1. The Hall–Kier alpha value is -2.07. The minimum absolute atomic E-state index is 0.217. The fourth-order valence-electron chi connectivity index (χ4n) is 2.24. The number of likely N-dealkylation sites (tertiary alicyclic amines) is 1. The van der Waals surface area contributed by atoms with Gasteiger partial charge in [-0.25, -0.2) is 4.79 Å². The van der Waals surface area contributed by atoms with Crippen molar-refractivity contribution in [3.05, 3.63) is 28.2 Å². The van der Waals surface area contributed by atoms with Gasteiger partial charge < -0.3 is 15.3 Å². The van der Waals surface area contributed by atoms with Crippen LogP contribution in [0.15, 0.2) is 22.7 Å². The van der Waals surface area contributed by atoms with Gasteiger partial charge in [-0.05, 0) is 47.0 Å². The van der Waals surface area contributed by atoms with E-state index in [-0.39, 0.29) is 12.6 Å². The third-order valence-corrected chi connectivity index (χ3v) is 4.05. The predicted molar refractivity (Wildman–Crippen MR) is 79.8 cm³/mol. The first-order valence-corrected chi connectivity index (χ1v) is 7.29. The third-order valence-electron chi connectivity index (χ3n) is 3.40. The number of aliphatic carboxylic acids is 1. The molecule has 7 heteroatoms. The lowest BCUT2D eigenvalue weighted by molar-refractivity contribution is -0.143. The number of hydrogen-bond donors (Lipinski definition) is 2. The molecule has 1 aromatic rings. The number of carboxylic acid groups (broad SMARTS) is 1. The number of nitrogens with zero attached hydrogens (tertiary/aromatic N) is 2. The number of amides is 2. The zero-order valence-electron chi connectivity index (χ0n) is 11.2. The van der Waals surface area contributed by atoms with Gasteiger partial charge >= 0.3 is 12.0 Å². The van der Waals surface area contributed by atoms with E-state index in [1.54, 1.807) is 18.2 Å². The van der Waals surface area contributed by atoms with E-state index in [0.29, 0.717) is 35.1 Å². The van der Waals surface area contributed by atoms with Gasteiger partial charge in [-0.15, -0.1) is 0 Å². The van der Waals surface area contributed by atoms with E-state index < -0.39 is 11.9 Å². The molecule has 0 aromatic heterocycles. The number of hydrogen-bond acceptors (Lipinski definition) is 3. The predicted octanol–water partition coefficient (Wildman–Crippen LogP) is 2.65. The molecule has 21 heavy (non-hydrogen) atoms. The van der Waals surface area contributed by atoms with Crippen molar-refractivity contribution in [1.29, 1.82) is 5.26 Å². The van der Waals surface area contributed by atoms with Crippen LogP contribution in [-0.4, -0.2) is 35.1 Å². The maximum Gasteiger partial charge on any atom is 0.321 e. The minimum atomic E-state index is -0.868. The average molecular weight is 352 g/mol. The van der Waals surface area contributed by atoms with E-state index in [0.717, 1.165) is 0 Å². The molecule has 1 fully saturated rings. The normalized spacial score (nSPS) is 17.9. The molecule has 2 N–H and O–H groups in total. The summed E-state index contributed by atoms with van der Waals surface area (Å²) in [4.78, 5) is 24.7. The van der Waals surface area contributed by atoms with Crippen LogP contribution in [0.4, 0.5) is 10.5 Å². The highest BCUT2D eigenvalue weighted by Gasteiger charge is 2.28. The van der Waals surface area contributed by atoms with Gasteiger partial charge in [0.25, 0.3) is 0 Å². The Bertz CT molecular complexity index is 612. The molecule has 1 saturated heterocycles. The molecule has 0 bridgehead atoms. The van der Waals surface area contributed by atoms with Crippen LogP contribution < -0.4 is 5.32 Å². The van der Waals surface area contributed by atoms with Crippen LogP contribution in [0.2, 0.25) is 0 Å². The summed E-state index contributed by atoms with van der Waals surface area (Å²) in [7, 11) is 0. The zero-order valence-corrected chi connectivity index (χ0v) is 12.8. The van der Waals surface area contributed by atoms with Crippen molar-refractivity contribution >= 4 is 33.6 Å². The first-order chi connectivity index (χ1) is 10.0. The number of urea groups is 1. The summed E-state index contributed by atoms with van der Waals surface area (Å²) in [6, 6.07) is 6.55. The van der Waals surface area contributed by atoms with Crippen LogP contribution in [0.3, 0.4) is 0 Å². The van der Waals surface area contributed by atoms with Crippen LogP contribution >= 0.6 is 15.9 Å². The second kappa shape index (κ2) is 6.59. The highest BCUT2D eigenvalue weighted by Crippen LogP contribution is 2.24. The molecule has 1 atom stereocenters. The third kappa shape index (κ3) is 3.73. The van der Waals surface area contributed by atoms with E-state index >= 15 is 0 Å². The number of nitriles is 1. The molecule has 2 rings (SSSR count). The van der Waals surface area contributed by atoms with Gasteiger partial charge in [-0.3, -0.25) is 4.79 Å². The summed E-state index contributed by atoms with van der Waals surface area (Å²) in [6.07, 6.45) is 1.28. The Kier molecular flexibility index (Phi) is 4.81. The van der Waals surface area contributed by atoms with Gasteiger partial charge in [0, 0.05) is 17.6 Å². The van der Waals surface area contributed by atoms with Gasteiger partial charge in [0.2, 0.25) is 0 Å². The highest BCUT2D eigenvalue weighted by molar-refractivity contribution is 9.10. The lowest BCUT2D eigenvalue weighted by atomic mass is 9.99. The minimum Gasteiger partial charge on any atom is -0.481 e. The lowest BCUT2D eigenvalue weighted by Crippen LogP contribution is -2.44. The van der Waals surface area contributed by atoms with Crippen molar-refractivity contribution in [2.45, 2.75) is 12.8 Å². The topological polar surface area (TPSA) is 93.4 Å². The van der Waals surface area contributed by atoms with Crippen LogP contribution in [0.25, 0.3) is 0 Å². The molecule has 1 heterocycles. The number of benzene rings is 1. The molecule has 1 aliphatic heterocycles. The number of halogens is 1. The summed E-state index contributed by atoms with van der Waals surface area (Å²) in [5.74, 6) is -1.37. The SMILES string of the molecule is N#Cc1ccc(NC(=O)N2CCC[C@H](C(=O)O)C2)c(Br)c1. The molecule has 1 aromatic carbocycles. The first kappa shape index (κ1) is 15.3. The van der Waals surface area contributed by atoms with Crippen molar-refractivity contribution in [2.75, 3.05) is 18.4 Å². The molecule has 110 valence electrons. The average Bonchev–Trinajstić information content (AvgIpc) is 2.49. The van der Waals surface area contributed by atoms with Crippen molar-refractivity contribution in [3.63, 3.8) is 0 Å². The number of nitrogens with one attached hydrogen (secondary N) is 1. The smallest absolute Gasteiger partial charge is 0.321 e. The van der Waals surface area contributed by atoms with Crippen LogP contribution in [0, 0.1) is 17.2 Å². The van der Waals surface area contributed by atoms with Gasteiger partial charge in [0.1, 0.15) is 0 Å². The number of rotatable bonds is 2. The van der Waals surface area contributed by atoms with Crippen molar-refractivity contribution in [3.8, 4) is 6.07 Å². The molecule has 0 radical (unpaired) electrons. The number of piperidine rings is 1. The quantitative estimate of drug-likeness (QED) is 0.856. The monoisotopic (exact) mass is 351 g/mol. The van der Waals surface area contributed by atoms with Crippen molar-refractivity contribution in [2.24, 2.45) is 5.92 Å². The van der Waals surface area contributed by atoms with Gasteiger partial charge in [-0.2, -0.15) is 5.26 Å². The van der Waals surface area contributed by atoms with Crippen molar-refractivity contribution < 1.29 is 14.7 Å². The summed E-state index contributed by atoms with van der Waals surface area (Å²) in [6.45, 7) is 0.762. The lowest BCUT2D eigenvalue weighted by Gasteiger charge is -2.30. The summed E-state index contributed by atoms with van der Waals surface area (Å²) in [5.41, 5.74) is 1.04. The maximum atomic E-state index is 12.2. The van der Waals surface area contributed by atoms with E-state index in [4.69, 9.17) is 10.4 Å². The van der Waals surface area contributed by atoms with Crippen LogP contribution in [-0.2, 0) is 4.79 Å². The second-order valence-corrected chi connectivity index (χ2v) is 5.71. The molecule has 0 aliphatic carbocycles. The van der Waals surface area contributed by atoms with E-state index in [1.165, 1.54) is 4.90 Å². The Morgan fingerprint density at radius 2 is 2.24 bits per heavy atom. The Morgan fingerprint density at radius 1 is 1.48 bits per heavy atom. The highest BCUT2D eigenvalue weighted by atomic mass is 79.9. The molecule has 0 saturated carbocycles. The number of carbonyl (C=O) groups is 2. The number of carbonyl (C=O) groups excluding carboxylic acids is 1. The molecule has 0 unspecified atom stereocenters. The second-order valence-electron chi connectivity index (χ2n) is 4.86. The van der Waals surface area contributed by atoms with E-state index in [1.807, 2.05) is 6.07 Å². The summed E-state index contributed by atoms with van der Waals surface area (Å²) < 4.78 is 0.613. The Morgan fingerprint density at radius 3 is 2.86 bits per heavy atom. The molecule has 6 nitrogen and oxygen atoms in total. The molecular weight excluding hydrogens is 338 g/mol. The molecule has 0 spiro atoms. The van der Waals surface area contributed by atoms with Crippen LogP contribution in [0.1, 0.15) is 18.4 Å². The van der Waals surface area contributed by atoms with Crippen molar-refractivity contribution in [1.82, 2.24) is 4.90 Å². The summed E-state index contributed by atoms with van der Waals surface area (Å²) >= 11 is 3.30. The van der Waals surface area contributed by atoms with E-state index in [2.05, 4.69) is 21.2 Å². The molecule has 1 aliphatic rings. The maximum absolute atomic E-state index is 12.2. The zero-order chi connectivity index (χ0) is 15.4. The molecule has 2 amide bonds. The van der Waals surface area contributed by atoms with Crippen LogP contribution in [0.5, 0.6) is 0 Å². The fourth-order valence-corrected chi connectivity index (χ4v) is 2.72. The van der Waals surface area contributed by atoms with Gasteiger partial charge in [-0.1, -0.05) is 0 Å². The largest absolute Gasteiger partial charge is 0.481 e. The van der Waals surface area contributed by atoms with Gasteiger partial charge in [0.15, 0.2) is 0 Å².